The smallest absolute Gasteiger partial charge is 0.411 e. The molecule has 2 amide bonds. The van der Waals surface area contributed by atoms with E-state index in [-0.39, 0.29) is 46.8 Å². The molecule has 0 aliphatic heterocycles. The van der Waals surface area contributed by atoms with E-state index in [1.165, 1.54) is 12.1 Å². The zero-order valence-corrected chi connectivity index (χ0v) is 19.3. The highest BCUT2D eigenvalue weighted by molar-refractivity contribution is 6.40. The predicted octanol–water partition coefficient (Wildman–Crippen LogP) is 5.56. The molecule has 0 atom stereocenters. The van der Waals surface area contributed by atoms with Gasteiger partial charge in [0.15, 0.2) is 0 Å². The Hall–Kier alpha value is -3.55. The number of carbonyl (C=O) groups excluding carboxylic acids is 2. The molecular weight excluding hydrogens is 479 g/mol. The molecule has 9 heteroatoms. The maximum atomic E-state index is 12.5. The number of hydrogen-bond donors (Lipinski definition) is 3. The van der Waals surface area contributed by atoms with Crippen molar-refractivity contribution in [2.45, 2.75) is 12.3 Å². The number of ether oxygens (including phenoxy) is 1. The summed E-state index contributed by atoms with van der Waals surface area (Å²) in [6.07, 6.45) is -0.946. The predicted molar refractivity (Wildman–Crippen MR) is 130 cm³/mol. The third-order valence-corrected chi connectivity index (χ3v) is 6.10. The molecule has 0 aromatic heterocycles. The molecule has 34 heavy (non-hydrogen) atoms. The van der Waals surface area contributed by atoms with E-state index >= 15 is 0 Å². The minimum atomic E-state index is -1.03. The van der Waals surface area contributed by atoms with E-state index in [9.17, 15) is 14.4 Å². The molecule has 1 aliphatic rings. The van der Waals surface area contributed by atoms with Gasteiger partial charge in [-0.1, -0.05) is 71.7 Å². The summed E-state index contributed by atoms with van der Waals surface area (Å²) in [4.78, 5) is 35.3. The van der Waals surface area contributed by atoms with Crippen LogP contribution in [-0.4, -0.2) is 36.2 Å². The monoisotopic (exact) mass is 498 g/mol. The quantitative estimate of drug-likeness (QED) is 0.395. The highest BCUT2D eigenvalue weighted by Crippen LogP contribution is 2.44. The molecule has 3 aromatic carbocycles. The molecule has 0 radical (unpaired) electrons. The lowest BCUT2D eigenvalue weighted by atomic mass is 9.98. The summed E-state index contributed by atoms with van der Waals surface area (Å²) in [6, 6.07) is 18.7. The van der Waals surface area contributed by atoms with Gasteiger partial charge in [0.25, 0.3) is 5.91 Å². The number of carboxylic acids is 1. The first-order chi connectivity index (χ1) is 16.3. The van der Waals surface area contributed by atoms with Crippen LogP contribution >= 0.6 is 23.2 Å². The van der Waals surface area contributed by atoms with Crippen molar-refractivity contribution in [2.24, 2.45) is 0 Å². The minimum Gasteiger partial charge on any atom is -0.481 e. The van der Waals surface area contributed by atoms with Crippen LogP contribution in [0.4, 0.5) is 10.5 Å². The van der Waals surface area contributed by atoms with Crippen LogP contribution < -0.4 is 10.6 Å². The number of fused-ring (bicyclic) bond motifs is 3. The molecule has 1 aliphatic carbocycles. The standard InChI is InChI=1S/C25H20Cl2N2O5/c26-20-11-14(24(32)28-10-9-22(30)31)12-21(27)23(20)29-25(33)34-13-19-17-7-3-1-5-15(17)16-6-2-4-8-18(16)19/h1-8,11-12,19H,9-10,13H2,(H,28,32)(H,29,33)(H,30,31). The summed E-state index contributed by atoms with van der Waals surface area (Å²) in [7, 11) is 0. The van der Waals surface area contributed by atoms with Crippen LogP contribution in [0.1, 0.15) is 33.8 Å². The summed E-state index contributed by atoms with van der Waals surface area (Å²) in [5.74, 6) is -1.65. The molecule has 0 heterocycles. The van der Waals surface area contributed by atoms with E-state index in [4.69, 9.17) is 33.0 Å². The lowest BCUT2D eigenvalue weighted by molar-refractivity contribution is -0.136. The van der Waals surface area contributed by atoms with E-state index in [0.29, 0.717) is 0 Å². The molecule has 0 bridgehead atoms. The Morgan fingerprint density at radius 3 is 2.03 bits per heavy atom. The number of carboxylic acid groups (broad SMARTS) is 1. The van der Waals surface area contributed by atoms with Crippen molar-refractivity contribution in [2.75, 3.05) is 18.5 Å². The van der Waals surface area contributed by atoms with Crippen molar-refractivity contribution in [3.05, 3.63) is 87.4 Å². The van der Waals surface area contributed by atoms with Gasteiger partial charge in [-0.05, 0) is 34.4 Å². The maximum Gasteiger partial charge on any atom is 0.411 e. The van der Waals surface area contributed by atoms with Crippen molar-refractivity contribution in [3.8, 4) is 11.1 Å². The van der Waals surface area contributed by atoms with Crippen LogP contribution in [0, 0.1) is 0 Å². The van der Waals surface area contributed by atoms with Crippen LogP contribution in [0.3, 0.4) is 0 Å². The third-order valence-electron chi connectivity index (χ3n) is 5.50. The van der Waals surface area contributed by atoms with Crippen LogP contribution in [0.15, 0.2) is 60.7 Å². The topological polar surface area (TPSA) is 105 Å². The molecule has 4 rings (SSSR count). The van der Waals surface area contributed by atoms with Gasteiger partial charge in [-0.2, -0.15) is 0 Å². The van der Waals surface area contributed by atoms with Crippen molar-refractivity contribution < 1.29 is 24.2 Å². The van der Waals surface area contributed by atoms with Gasteiger partial charge in [0.2, 0.25) is 0 Å². The van der Waals surface area contributed by atoms with E-state index in [1.54, 1.807) is 0 Å². The Morgan fingerprint density at radius 2 is 1.47 bits per heavy atom. The molecule has 0 saturated carbocycles. The normalized spacial score (nSPS) is 11.9. The maximum absolute atomic E-state index is 12.5. The molecule has 0 saturated heterocycles. The number of anilines is 1. The fourth-order valence-electron chi connectivity index (χ4n) is 3.95. The summed E-state index contributed by atoms with van der Waals surface area (Å²) in [6.45, 7) is 0.0856. The van der Waals surface area contributed by atoms with Crippen LogP contribution in [0.5, 0.6) is 0 Å². The number of hydrogen-bond acceptors (Lipinski definition) is 4. The number of amides is 2. The average Bonchev–Trinajstić information content (AvgIpc) is 3.13. The lowest BCUT2D eigenvalue weighted by Crippen LogP contribution is -2.26. The second-order valence-electron chi connectivity index (χ2n) is 7.67. The molecule has 7 nitrogen and oxygen atoms in total. The van der Waals surface area contributed by atoms with Gasteiger partial charge in [-0.15, -0.1) is 0 Å². The molecule has 0 fully saturated rings. The first-order valence-electron chi connectivity index (χ1n) is 10.5. The zero-order valence-electron chi connectivity index (χ0n) is 17.8. The fraction of sp³-hybridized carbons (Fsp3) is 0.160. The van der Waals surface area contributed by atoms with Crippen LogP contribution in [-0.2, 0) is 9.53 Å². The number of benzene rings is 3. The van der Waals surface area contributed by atoms with Crippen molar-refractivity contribution in [1.82, 2.24) is 5.32 Å². The number of halogens is 2. The van der Waals surface area contributed by atoms with Gasteiger partial charge >= 0.3 is 12.1 Å². The lowest BCUT2D eigenvalue weighted by Gasteiger charge is -2.16. The Balaban J connectivity index is 1.42. The number of nitrogens with one attached hydrogen (secondary N) is 2. The number of aliphatic carboxylic acids is 1. The number of rotatable bonds is 7. The van der Waals surface area contributed by atoms with Gasteiger partial charge in [-0.25, -0.2) is 4.79 Å². The Labute approximate surface area is 205 Å². The summed E-state index contributed by atoms with van der Waals surface area (Å²) >= 11 is 12.5. The second-order valence-corrected chi connectivity index (χ2v) is 8.48. The molecule has 3 aromatic rings. The average molecular weight is 499 g/mol. The Bertz CT molecular complexity index is 1210. The van der Waals surface area contributed by atoms with Gasteiger partial charge in [-0.3, -0.25) is 14.9 Å². The van der Waals surface area contributed by atoms with E-state index in [1.807, 2.05) is 48.5 Å². The van der Waals surface area contributed by atoms with E-state index in [2.05, 4.69) is 10.6 Å². The van der Waals surface area contributed by atoms with E-state index in [0.717, 1.165) is 22.3 Å². The van der Waals surface area contributed by atoms with Crippen LogP contribution in [0.2, 0.25) is 10.0 Å². The van der Waals surface area contributed by atoms with Crippen molar-refractivity contribution in [1.29, 1.82) is 0 Å². The Morgan fingerprint density at radius 1 is 0.912 bits per heavy atom. The largest absolute Gasteiger partial charge is 0.481 e. The molecular formula is C25H20Cl2N2O5. The molecule has 174 valence electrons. The van der Waals surface area contributed by atoms with Crippen LogP contribution in [0.25, 0.3) is 11.1 Å². The number of carbonyl (C=O) groups is 3. The van der Waals surface area contributed by atoms with Gasteiger partial charge in [0.05, 0.1) is 22.2 Å². The van der Waals surface area contributed by atoms with Crippen molar-refractivity contribution >= 4 is 46.9 Å². The first-order valence-corrected chi connectivity index (χ1v) is 11.2. The zero-order chi connectivity index (χ0) is 24.2. The second kappa shape index (κ2) is 10.2. The molecule has 0 spiro atoms. The van der Waals surface area contributed by atoms with E-state index < -0.39 is 18.0 Å². The third kappa shape index (κ3) is 5.00. The summed E-state index contributed by atoms with van der Waals surface area (Å²) in [5, 5.41) is 13.8. The van der Waals surface area contributed by atoms with Gasteiger partial charge in [0.1, 0.15) is 6.61 Å². The Kier molecular flexibility index (Phi) is 7.05. The minimum absolute atomic E-state index is 0.0385. The molecule has 3 N–H and O–H groups in total. The van der Waals surface area contributed by atoms with Gasteiger partial charge in [0, 0.05) is 18.0 Å². The fourth-order valence-corrected chi connectivity index (χ4v) is 4.53. The highest BCUT2D eigenvalue weighted by atomic mass is 35.5. The van der Waals surface area contributed by atoms with Gasteiger partial charge < -0.3 is 15.2 Å². The SMILES string of the molecule is O=C(O)CCNC(=O)c1cc(Cl)c(NC(=O)OCC2c3ccccc3-c3ccccc32)c(Cl)c1. The van der Waals surface area contributed by atoms with Crippen molar-refractivity contribution in [3.63, 3.8) is 0 Å². The molecule has 0 unspecified atom stereocenters. The first kappa shape index (κ1) is 23.6. The summed E-state index contributed by atoms with van der Waals surface area (Å²) in [5.41, 5.74) is 4.67. The summed E-state index contributed by atoms with van der Waals surface area (Å²) < 4.78 is 5.50. The highest BCUT2D eigenvalue weighted by Gasteiger charge is 2.29.